The number of ether oxygens (including phenoxy) is 2. The first kappa shape index (κ1) is 11.1. The van der Waals surface area contributed by atoms with Crippen LogP contribution in [0.15, 0.2) is 12.4 Å². The van der Waals surface area contributed by atoms with Gasteiger partial charge in [0.15, 0.2) is 0 Å². The number of methoxy groups -OCH3 is 2. The summed E-state index contributed by atoms with van der Waals surface area (Å²) in [4.78, 5) is 10.4. The number of hydrogen-bond acceptors (Lipinski definition) is 6. The number of nitrogens with two attached hydrogens (primary N) is 1. The van der Waals surface area contributed by atoms with Crippen LogP contribution >= 0.6 is 0 Å². The standard InChI is InChI=1S/C10H16N4O2/c1-15-8-5-14(6-9(8)16-2)10-12-3-7(11)4-13-10/h3-4,8-9H,5-6,11H2,1-2H3. The fourth-order valence-corrected chi connectivity index (χ4v) is 1.85. The first-order valence-corrected chi connectivity index (χ1v) is 5.12. The van der Waals surface area contributed by atoms with E-state index in [0.29, 0.717) is 11.6 Å². The number of anilines is 2. The summed E-state index contributed by atoms with van der Waals surface area (Å²) in [6.45, 7) is 1.47. The Balaban J connectivity index is 2.09. The highest BCUT2D eigenvalue weighted by molar-refractivity contribution is 5.39. The van der Waals surface area contributed by atoms with E-state index in [1.807, 2.05) is 4.90 Å². The average Bonchev–Trinajstić information content (AvgIpc) is 2.73. The van der Waals surface area contributed by atoms with Crippen molar-refractivity contribution < 1.29 is 9.47 Å². The van der Waals surface area contributed by atoms with Crippen LogP contribution in [-0.4, -0.2) is 49.5 Å². The molecule has 6 heteroatoms. The van der Waals surface area contributed by atoms with Gasteiger partial charge >= 0.3 is 0 Å². The van der Waals surface area contributed by atoms with E-state index < -0.39 is 0 Å². The van der Waals surface area contributed by atoms with Crippen molar-refractivity contribution in [2.45, 2.75) is 12.2 Å². The van der Waals surface area contributed by atoms with Crippen molar-refractivity contribution in [1.82, 2.24) is 9.97 Å². The molecular formula is C10H16N4O2. The maximum atomic E-state index is 5.54. The number of nitrogen functional groups attached to an aromatic ring is 1. The van der Waals surface area contributed by atoms with E-state index in [1.54, 1.807) is 26.6 Å². The molecule has 0 saturated carbocycles. The molecule has 0 amide bonds. The van der Waals surface area contributed by atoms with E-state index in [-0.39, 0.29) is 12.2 Å². The second kappa shape index (κ2) is 4.63. The maximum Gasteiger partial charge on any atom is 0.225 e. The lowest BCUT2D eigenvalue weighted by molar-refractivity contribution is -0.00461. The molecule has 1 saturated heterocycles. The third-order valence-corrected chi connectivity index (χ3v) is 2.76. The number of nitrogens with zero attached hydrogens (tertiary/aromatic N) is 3. The smallest absolute Gasteiger partial charge is 0.225 e. The Bertz CT molecular complexity index is 331. The zero-order chi connectivity index (χ0) is 11.5. The van der Waals surface area contributed by atoms with Crippen LogP contribution in [0.4, 0.5) is 11.6 Å². The summed E-state index contributed by atoms with van der Waals surface area (Å²) in [6, 6.07) is 0. The molecule has 88 valence electrons. The van der Waals surface area contributed by atoms with Crippen LogP contribution in [0, 0.1) is 0 Å². The number of aromatic nitrogens is 2. The van der Waals surface area contributed by atoms with Gasteiger partial charge in [-0.05, 0) is 0 Å². The van der Waals surface area contributed by atoms with E-state index in [9.17, 15) is 0 Å². The monoisotopic (exact) mass is 224 g/mol. The summed E-state index contributed by atoms with van der Waals surface area (Å²) in [5.41, 5.74) is 6.10. The highest BCUT2D eigenvalue weighted by Crippen LogP contribution is 2.20. The largest absolute Gasteiger partial charge is 0.396 e. The van der Waals surface area contributed by atoms with Gasteiger partial charge in [0.1, 0.15) is 12.2 Å². The lowest BCUT2D eigenvalue weighted by atomic mass is 10.3. The normalized spacial score (nSPS) is 25.0. The summed E-state index contributed by atoms with van der Waals surface area (Å²) < 4.78 is 10.7. The van der Waals surface area contributed by atoms with Gasteiger partial charge in [-0.1, -0.05) is 0 Å². The summed E-state index contributed by atoms with van der Waals surface area (Å²) in [6.07, 6.45) is 3.33. The SMILES string of the molecule is COC1CN(c2ncc(N)cn2)CC1OC. The molecular weight excluding hydrogens is 208 g/mol. The molecule has 2 heterocycles. The molecule has 2 unspecified atom stereocenters. The number of rotatable bonds is 3. The summed E-state index contributed by atoms with van der Waals surface area (Å²) in [5.74, 6) is 0.663. The Labute approximate surface area is 94.4 Å². The molecule has 1 aromatic rings. The van der Waals surface area contributed by atoms with Crippen LogP contribution in [-0.2, 0) is 9.47 Å². The average molecular weight is 224 g/mol. The topological polar surface area (TPSA) is 73.5 Å². The second-order valence-corrected chi connectivity index (χ2v) is 3.77. The molecule has 0 aromatic carbocycles. The van der Waals surface area contributed by atoms with E-state index in [2.05, 4.69) is 9.97 Å². The van der Waals surface area contributed by atoms with E-state index in [4.69, 9.17) is 15.2 Å². The van der Waals surface area contributed by atoms with Crippen LogP contribution in [0.3, 0.4) is 0 Å². The Kier molecular flexibility index (Phi) is 3.21. The highest BCUT2D eigenvalue weighted by atomic mass is 16.5. The van der Waals surface area contributed by atoms with Crippen molar-refractivity contribution in [2.75, 3.05) is 37.9 Å². The maximum absolute atomic E-state index is 5.54. The minimum absolute atomic E-state index is 0.0613. The molecule has 1 fully saturated rings. The Hall–Kier alpha value is -1.40. The third kappa shape index (κ3) is 2.07. The van der Waals surface area contributed by atoms with Crippen molar-refractivity contribution in [3.63, 3.8) is 0 Å². The highest BCUT2D eigenvalue weighted by Gasteiger charge is 2.34. The van der Waals surface area contributed by atoms with E-state index >= 15 is 0 Å². The van der Waals surface area contributed by atoms with Gasteiger partial charge in [-0.3, -0.25) is 0 Å². The molecule has 1 aromatic heterocycles. The summed E-state index contributed by atoms with van der Waals surface area (Å²) >= 11 is 0. The van der Waals surface area contributed by atoms with Crippen LogP contribution in [0.25, 0.3) is 0 Å². The minimum atomic E-state index is 0.0613. The Morgan fingerprint density at radius 2 is 1.69 bits per heavy atom. The lowest BCUT2D eigenvalue weighted by Crippen LogP contribution is -2.27. The molecule has 1 aliphatic heterocycles. The quantitative estimate of drug-likeness (QED) is 0.773. The van der Waals surface area contributed by atoms with Crippen LogP contribution in [0.2, 0.25) is 0 Å². The predicted octanol–water partition coefficient (Wildman–Crippen LogP) is -0.0912. The lowest BCUT2D eigenvalue weighted by Gasteiger charge is -2.14. The zero-order valence-electron chi connectivity index (χ0n) is 9.46. The first-order valence-electron chi connectivity index (χ1n) is 5.12. The van der Waals surface area contributed by atoms with E-state index in [1.165, 1.54) is 0 Å². The first-order chi connectivity index (χ1) is 7.74. The van der Waals surface area contributed by atoms with Gasteiger partial charge in [0, 0.05) is 27.3 Å². The Morgan fingerprint density at radius 3 is 2.12 bits per heavy atom. The van der Waals surface area contributed by atoms with Gasteiger partial charge in [0.2, 0.25) is 5.95 Å². The van der Waals surface area contributed by atoms with Crippen molar-refractivity contribution >= 4 is 11.6 Å². The van der Waals surface area contributed by atoms with Gasteiger partial charge in [-0.15, -0.1) is 0 Å². The third-order valence-electron chi connectivity index (χ3n) is 2.76. The summed E-state index contributed by atoms with van der Waals surface area (Å²) in [7, 11) is 3.37. The fraction of sp³-hybridized carbons (Fsp3) is 0.600. The second-order valence-electron chi connectivity index (χ2n) is 3.77. The zero-order valence-corrected chi connectivity index (χ0v) is 9.46. The van der Waals surface area contributed by atoms with Gasteiger partial charge in [0.05, 0.1) is 18.1 Å². The molecule has 0 spiro atoms. The summed E-state index contributed by atoms with van der Waals surface area (Å²) in [5, 5.41) is 0. The van der Waals surface area contributed by atoms with Crippen LogP contribution in [0.5, 0.6) is 0 Å². The van der Waals surface area contributed by atoms with Crippen molar-refractivity contribution in [3.05, 3.63) is 12.4 Å². The molecule has 1 aliphatic rings. The molecule has 2 N–H and O–H groups in total. The molecule has 0 radical (unpaired) electrons. The predicted molar refractivity (Wildman–Crippen MR) is 60.3 cm³/mol. The number of hydrogen-bond donors (Lipinski definition) is 1. The fourth-order valence-electron chi connectivity index (χ4n) is 1.85. The molecule has 2 atom stereocenters. The van der Waals surface area contributed by atoms with Crippen molar-refractivity contribution in [1.29, 1.82) is 0 Å². The molecule has 0 aliphatic carbocycles. The minimum Gasteiger partial charge on any atom is -0.396 e. The van der Waals surface area contributed by atoms with Crippen LogP contribution < -0.4 is 10.6 Å². The molecule has 2 rings (SSSR count). The van der Waals surface area contributed by atoms with Crippen molar-refractivity contribution in [3.8, 4) is 0 Å². The molecule has 6 nitrogen and oxygen atoms in total. The molecule has 0 bridgehead atoms. The van der Waals surface area contributed by atoms with Crippen molar-refractivity contribution in [2.24, 2.45) is 0 Å². The van der Waals surface area contributed by atoms with Gasteiger partial charge in [-0.2, -0.15) is 0 Å². The molecule has 16 heavy (non-hydrogen) atoms. The Morgan fingerprint density at radius 1 is 1.19 bits per heavy atom. The van der Waals surface area contributed by atoms with Gasteiger partial charge < -0.3 is 20.1 Å². The van der Waals surface area contributed by atoms with E-state index in [0.717, 1.165) is 13.1 Å². The van der Waals surface area contributed by atoms with Crippen LogP contribution in [0.1, 0.15) is 0 Å². The van der Waals surface area contributed by atoms with Gasteiger partial charge in [0.25, 0.3) is 0 Å². The van der Waals surface area contributed by atoms with Gasteiger partial charge in [-0.25, -0.2) is 9.97 Å².